The third kappa shape index (κ3) is 3.80. The van der Waals surface area contributed by atoms with Crippen molar-refractivity contribution in [2.24, 2.45) is 0 Å². The minimum atomic E-state index is -3.77. The summed E-state index contributed by atoms with van der Waals surface area (Å²) < 4.78 is 27.2. The van der Waals surface area contributed by atoms with Crippen molar-refractivity contribution in [3.63, 3.8) is 0 Å². The second-order valence-electron chi connectivity index (χ2n) is 5.55. The van der Waals surface area contributed by atoms with Gasteiger partial charge in [0.2, 0.25) is 11.7 Å². The summed E-state index contributed by atoms with van der Waals surface area (Å²) in [5.74, 6) is 0.145. The molecule has 0 saturated heterocycles. The number of nitrogens with zero attached hydrogens (tertiary/aromatic N) is 2. The Kier molecular flexibility index (Phi) is 4.10. The molecule has 0 bridgehead atoms. The van der Waals surface area contributed by atoms with Gasteiger partial charge in [-0.3, -0.25) is 10.1 Å². The van der Waals surface area contributed by atoms with Crippen LogP contribution in [-0.2, 0) is 10.1 Å². The van der Waals surface area contributed by atoms with E-state index in [9.17, 15) is 18.5 Å². The van der Waals surface area contributed by atoms with Crippen molar-refractivity contribution in [2.75, 3.05) is 11.6 Å². The molecule has 1 aliphatic carbocycles. The fourth-order valence-corrected chi connectivity index (χ4v) is 2.77. The molecule has 0 amide bonds. The van der Waals surface area contributed by atoms with E-state index in [0.717, 1.165) is 36.8 Å². The summed E-state index contributed by atoms with van der Waals surface area (Å²) in [6.07, 6.45) is 3.03. The molecule has 1 heterocycles. The van der Waals surface area contributed by atoms with Gasteiger partial charge in [-0.2, -0.15) is 13.4 Å². The van der Waals surface area contributed by atoms with Crippen molar-refractivity contribution in [1.29, 1.82) is 0 Å². The van der Waals surface area contributed by atoms with Crippen LogP contribution in [0.5, 0.6) is 5.88 Å². The molecule has 3 rings (SSSR count). The number of para-hydroxylation sites is 1. The van der Waals surface area contributed by atoms with Crippen molar-refractivity contribution >= 4 is 27.3 Å². The summed E-state index contributed by atoms with van der Waals surface area (Å²) in [6.45, 7) is 0. The lowest BCUT2D eigenvalue weighted by atomic mass is 10.1. The summed E-state index contributed by atoms with van der Waals surface area (Å²) in [5.41, 5.74) is 1.51. The first-order chi connectivity index (χ1) is 11.3. The molecule has 126 valence electrons. The Balaban J connectivity index is 1.99. The predicted octanol–water partition coefficient (Wildman–Crippen LogP) is 2.95. The number of hydrogen-bond acceptors (Lipinski definition) is 7. The molecule has 1 N–H and O–H groups in total. The summed E-state index contributed by atoms with van der Waals surface area (Å²) in [7, 11) is -3.77. The lowest BCUT2D eigenvalue weighted by Crippen LogP contribution is -2.09. The standard InChI is InChI=1S/C15H15N3O5S/c1-24(21,22)23-14-9-8-13(18(19)20)15(17-14)16-12-5-3-2-4-11(12)10-6-7-10/h2-5,8-10H,6-7H2,1H3,(H,16,17). The van der Waals surface area contributed by atoms with E-state index >= 15 is 0 Å². The third-order valence-corrected chi connectivity index (χ3v) is 3.99. The second kappa shape index (κ2) is 6.08. The first kappa shape index (κ1) is 16.2. The van der Waals surface area contributed by atoms with Gasteiger partial charge in [-0.05, 0) is 30.4 Å². The van der Waals surface area contributed by atoms with Crippen molar-refractivity contribution in [1.82, 2.24) is 4.98 Å². The number of nitrogens with one attached hydrogen (secondary N) is 1. The third-order valence-electron chi connectivity index (χ3n) is 3.51. The predicted molar refractivity (Wildman–Crippen MR) is 88.1 cm³/mol. The molecule has 0 aliphatic heterocycles. The Labute approximate surface area is 138 Å². The molecule has 0 spiro atoms. The Morgan fingerprint density at radius 3 is 2.58 bits per heavy atom. The van der Waals surface area contributed by atoms with Gasteiger partial charge in [0, 0.05) is 17.8 Å². The second-order valence-corrected chi connectivity index (χ2v) is 7.12. The number of aromatic nitrogens is 1. The van der Waals surface area contributed by atoms with E-state index in [1.54, 1.807) is 0 Å². The van der Waals surface area contributed by atoms with Gasteiger partial charge in [0.15, 0.2) is 0 Å². The number of hydrogen-bond donors (Lipinski definition) is 1. The molecular formula is C15H15N3O5S. The first-order valence-corrected chi connectivity index (χ1v) is 9.06. The van der Waals surface area contributed by atoms with Crippen LogP contribution >= 0.6 is 0 Å². The van der Waals surface area contributed by atoms with Gasteiger partial charge in [0.05, 0.1) is 11.2 Å². The van der Waals surface area contributed by atoms with Crippen molar-refractivity contribution < 1.29 is 17.5 Å². The van der Waals surface area contributed by atoms with Gasteiger partial charge in [-0.15, -0.1) is 0 Å². The topological polar surface area (TPSA) is 111 Å². The zero-order valence-electron chi connectivity index (χ0n) is 12.8. The highest BCUT2D eigenvalue weighted by molar-refractivity contribution is 7.86. The Bertz CT molecular complexity index is 894. The molecule has 1 aliphatic rings. The van der Waals surface area contributed by atoms with Crippen LogP contribution in [0.3, 0.4) is 0 Å². The molecule has 1 aromatic carbocycles. The van der Waals surface area contributed by atoms with Crippen LogP contribution < -0.4 is 9.50 Å². The Morgan fingerprint density at radius 1 is 1.25 bits per heavy atom. The maximum atomic E-state index is 11.2. The fourth-order valence-electron chi connectivity index (χ4n) is 2.36. The first-order valence-electron chi connectivity index (χ1n) is 7.24. The molecule has 2 aromatic rings. The zero-order chi connectivity index (χ0) is 17.3. The van der Waals surface area contributed by atoms with E-state index in [4.69, 9.17) is 4.18 Å². The fraction of sp³-hybridized carbons (Fsp3) is 0.267. The van der Waals surface area contributed by atoms with Crippen molar-refractivity contribution in [3.8, 4) is 5.88 Å². The molecule has 1 saturated carbocycles. The van der Waals surface area contributed by atoms with Gasteiger partial charge < -0.3 is 9.50 Å². The van der Waals surface area contributed by atoms with Gasteiger partial charge in [0.1, 0.15) is 0 Å². The van der Waals surface area contributed by atoms with Gasteiger partial charge >= 0.3 is 15.8 Å². The van der Waals surface area contributed by atoms with E-state index in [-0.39, 0.29) is 17.4 Å². The van der Waals surface area contributed by atoms with E-state index in [1.165, 1.54) is 0 Å². The lowest BCUT2D eigenvalue weighted by molar-refractivity contribution is -0.384. The largest absolute Gasteiger partial charge is 0.362 e. The zero-order valence-corrected chi connectivity index (χ0v) is 13.6. The minimum Gasteiger partial charge on any atom is -0.362 e. The number of anilines is 2. The quantitative estimate of drug-likeness (QED) is 0.485. The van der Waals surface area contributed by atoms with Crippen molar-refractivity contribution in [2.45, 2.75) is 18.8 Å². The summed E-state index contributed by atoms with van der Waals surface area (Å²) >= 11 is 0. The van der Waals surface area contributed by atoms with Gasteiger partial charge in [-0.25, -0.2) is 0 Å². The van der Waals surface area contributed by atoms with Crippen LogP contribution in [0.4, 0.5) is 17.2 Å². The van der Waals surface area contributed by atoms with Gasteiger partial charge in [0.25, 0.3) is 0 Å². The van der Waals surface area contributed by atoms with E-state index in [0.29, 0.717) is 11.6 Å². The number of benzene rings is 1. The highest BCUT2D eigenvalue weighted by Gasteiger charge is 2.27. The minimum absolute atomic E-state index is 0.0609. The smallest absolute Gasteiger partial charge is 0.311 e. The Morgan fingerprint density at radius 2 is 1.96 bits per heavy atom. The number of pyridine rings is 1. The average molecular weight is 349 g/mol. The molecule has 8 nitrogen and oxygen atoms in total. The Hall–Kier alpha value is -2.68. The number of nitro groups is 1. The van der Waals surface area contributed by atoms with Gasteiger partial charge in [-0.1, -0.05) is 18.2 Å². The normalized spacial score (nSPS) is 14.2. The van der Waals surface area contributed by atoms with Crippen LogP contribution in [0.1, 0.15) is 24.3 Å². The molecule has 1 fully saturated rings. The summed E-state index contributed by atoms with van der Waals surface area (Å²) in [6, 6.07) is 9.80. The van der Waals surface area contributed by atoms with Crippen LogP contribution in [0.15, 0.2) is 36.4 Å². The van der Waals surface area contributed by atoms with Crippen LogP contribution in [0, 0.1) is 10.1 Å². The number of rotatable bonds is 6. The molecule has 0 unspecified atom stereocenters. The molecule has 0 radical (unpaired) electrons. The highest BCUT2D eigenvalue weighted by atomic mass is 32.2. The SMILES string of the molecule is CS(=O)(=O)Oc1ccc([N+](=O)[O-])c(Nc2ccccc2C2CC2)n1. The van der Waals surface area contributed by atoms with Crippen molar-refractivity contribution in [3.05, 3.63) is 52.1 Å². The van der Waals surface area contributed by atoms with E-state index in [1.807, 2.05) is 24.3 Å². The maximum Gasteiger partial charge on any atom is 0.311 e. The molecule has 0 atom stereocenters. The maximum absolute atomic E-state index is 11.2. The molecule has 9 heteroatoms. The molecular weight excluding hydrogens is 334 g/mol. The van der Waals surface area contributed by atoms with E-state index < -0.39 is 15.0 Å². The lowest BCUT2D eigenvalue weighted by Gasteiger charge is -2.12. The molecule has 1 aromatic heterocycles. The molecule has 24 heavy (non-hydrogen) atoms. The van der Waals surface area contributed by atoms with Crippen LogP contribution in [-0.4, -0.2) is 24.6 Å². The average Bonchev–Trinajstić information content (AvgIpc) is 3.30. The van der Waals surface area contributed by atoms with Crippen LogP contribution in [0.25, 0.3) is 0 Å². The summed E-state index contributed by atoms with van der Waals surface area (Å²) in [5, 5.41) is 14.1. The highest BCUT2D eigenvalue weighted by Crippen LogP contribution is 2.44. The van der Waals surface area contributed by atoms with E-state index in [2.05, 4.69) is 10.3 Å². The van der Waals surface area contributed by atoms with Crippen LogP contribution in [0.2, 0.25) is 0 Å². The monoisotopic (exact) mass is 349 g/mol. The summed E-state index contributed by atoms with van der Waals surface area (Å²) in [4.78, 5) is 14.6.